The van der Waals surface area contributed by atoms with Crippen molar-refractivity contribution in [3.8, 4) is 5.75 Å². The Morgan fingerprint density at radius 1 is 1.10 bits per heavy atom. The predicted molar refractivity (Wildman–Crippen MR) is 85.6 cm³/mol. The van der Waals surface area contributed by atoms with Gasteiger partial charge in [0, 0.05) is 11.6 Å². The molecule has 1 atom stereocenters. The number of ether oxygens (including phenoxy) is 1. The Hall–Kier alpha value is -1.55. The number of halogens is 1. The van der Waals surface area contributed by atoms with Crippen molar-refractivity contribution in [3.63, 3.8) is 0 Å². The Labute approximate surface area is 130 Å². The van der Waals surface area contributed by atoms with Gasteiger partial charge in [-0.3, -0.25) is 0 Å². The van der Waals surface area contributed by atoms with Crippen LogP contribution in [0.4, 0.5) is 0 Å². The first kappa shape index (κ1) is 15.8. The Bertz CT molecular complexity index is 570. The average molecular weight is 306 g/mol. The van der Waals surface area contributed by atoms with E-state index in [0.29, 0.717) is 18.2 Å². The molecule has 0 aromatic heterocycles. The molecule has 0 bridgehead atoms. The first-order valence-electron chi connectivity index (χ1n) is 6.98. The monoisotopic (exact) mass is 305 g/mol. The molecule has 0 spiro atoms. The second kappa shape index (κ2) is 8.03. The number of hydrogen-bond donors (Lipinski definition) is 2. The third-order valence-corrected chi connectivity index (χ3v) is 3.54. The standard InChI is InChI=1S/C17H20ClNO2/c18-16-5-1-4-14(8-16)12-21-17-6-2-3-13(9-17)7-15(10-19)11-20/h1-6,8-9,15,20H,7,10-12,19H2. The summed E-state index contributed by atoms with van der Waals surface area (Å²) in [5.74, 6) is 0.898. The van der Waals surface area contributed by atoms with Crippen LogP contribution in [0.1, 0.15) is 11.1 Å². The van der Waals surface area contributed by atoms with E-state index in [1.165, 1.54) is 0 Å². The van der Waals surface area contributed by atoms with E-state index in [1.54, 1.807) is 0 Å². The van der Waals surface area contributed by atoms with Gasteiger partial charge >= 0.3 is 0 Å². The number of hydrogen-bond acceptors (Lipinski definition) is 3. The van der Waals surface area contributed by atoms with Gasteiger partial charge in [0.25, 0.3) is 0 Å². The summed E-state index contributed by atoms with van der Waals surface area (Å²) < 4.78 is 5.78. The van der Waals surface area contributed by atoms with Crippen LogP contribution in [0, 0.1) is 5.92 Å². The van der Waals surface area contributed by atoms with Crippen molar-refractivity contribution in [3.05, 3.63) is 64.7 Å². The zero-order valence-electron chi connectivity index (χ0n) is 11.8. The van der Waals surface area contributed by atoms with Gasteiger partial charge in [0.05, 0.1) is 0 Å². The maximum absolute atomic E-state index is 9.21. The quantitative estimate of drug-likeness (QED) is 0.826. The van der Waals surface area contributed by atoms with Gasteiger partial charge in [0.2, 0.25) is 0 Å². The lowest BCUT2D eigenvalue weighted by molar-refractivity contribution is 0.229. The first-order chi connectivity index (χ1) is 10.2. The number of aliphatic hydroxyl groups excluding tert-OH is 1. The van der Waals surface area contributed by atoms with Crippen molar-refractivity contribution in [1.29, 1.82) is 0 Å². The zero-order valence-corrected chi connectivity index (χ0v) is 12.6. The molecule has 2 aromatic rings. The molecule has 0 aliphatic carbocycles. The van der Waals surface area contributed by atoms with Crippen molar-refractivity contribution in [2.75, 3.05) is 13.2 Å². The Kier molecular flexibility index (Phi) is 6.05. The van der Waals surface area contributed by atoms with E-state index >= 15 is 0 Å². The second-order valence-corrected chi connectivity index (χ2v) is 5.49. The minimum Gasteiger partial charge on any atom is -0.489 e. The van der Waals surface area contributed by atoms with Crippen LogP contribution in [0.15, 0.2) is 48.5 Å². The van der Waals surface area contributed by atoms with Crippen LogP contribution in [0.3, 0.4) is 0 Å². The summed E-state index contributed by atoms with van der Waals surface area (Å²) in [6.07, 6.45) is 0.751. The van der Waals surface area contributed by atoms with E-state index in [4.69, 9.17) is 22.1 Å². The summed E-state index contributed by atoms with van der Waals surface area (Å²) in [6, 6.07) is 15.5. The van der Waals surface area contributed by atoms with E-state index in [0.717, 1.165) is 23.3 Å². The van der Waals surface area contributed by atoms with Crippen molar-refractivity contribution in [2.45, 2.75) is 13.0 Å². The van der Waals surface area contributed by atoms with Crippen LogP contribution in [0.2, 0.25) is 5.02 Å². The topological polar surface area (TPSA) is 55.5 Å². The van der Waals surface area contributed by atoms with Gasteiger partial charge in [-0.15, -0.1) is 0 Å². The zero-order chi connectivity index (χ0) is 15.1. The predicted octanol–water partition coefficient (Wildman–Crippen LogP) is 3.03. The van der Waals surface area contributed by atoms with Crippen LogP contribution in [-0.2, 0) is 13.0 Å². The summed E-state index contributed by atoms with van der Waals surface area (Å²) >= 11 is 5.95. The van der Waals surface area contributed by atoms with Crippen LogP contribution < -0.4 is 10.5 Å². The summed E-state index contributed by atoms with van der Waals surface area (Å²) in [5, 5.41) is 9.92. The molecule has 0 aliphatic rings. The third-order valence-electron chi connectivity index (χ3n) is 3.31. The Morgan fingerprint density at radius 3 is 2.57 bits per heavy atom. The summed E-state index contributed by atoms with van der Waals surface area (Å²) in [4.78, 5) is 0. The number of aliphatic hydroxyl groups is 1. The van der Waals surface area contributed by atoms with Gasteiger partial charge in [0.15, 0.2) is 0 Å². The summed E-state index contributed by atoms with van der Waals surface area (Å²) in [7, 11) is 0. The molecule has 0 amide bonds. The molecular formula is C17H20ClNO2. The number of rotatable bonds is 7. The lowest BCUT2D eigenvalue weighted by Gasteiger charge is -2.13. The molecule has 2 aromatic carbocycles. The Morgan fingerprint density at radius 2 is 1.86 bits per heavy atom. The lowest BCUT2D eigenvalue weighted by Crippen LogP contribution is -2.20. The molecule has 0 heterocycles. The van der Waals surface area contributed by atoms with Crippen LogP contribution in [0.25, 0.3) is 0 Å². The summed E-state index contributed by atoms with van der Waals surface area (Å²) in [6.45, 7) is 1.05. The molecule has 2 rings (SSSR count). The lowest BCUT2D eigenvalue weighted by atomic mass is 10.0. The highest BCUT2D eigenvalue weighted by atomic mass is 35.5. The Balaban J connectivity index is 1.97. The van der Waals surface area contributed by atoms with Crippen LogP contribution in [0.5, 0.6) is 5.75 Å². The van der Waals surface area contributed by atoms with E-state index < -0.39 is 0 Å². The molecule has 112 valence electrons. The molecule has 0 radical (unpaired) electrons. The molecular weight excluding hydrogens is 286 g/mol. The van der Waals surface area contributed by atoms with Gasteiger partial charge in [-0.1, -0.05) is 35.9 Å². The van der Waals surface area contributed by atoms with Gasteiger partial charge in [-0.2, -0.15) is 0 Å². The van der Waals surface area contributed by atoms with Crippen molar-refractivity contribution >= 4 is 11.6 Å². The van der Waals surface area contributed by atoms with Gasteiger partial charge in [0.1, 0.15) is 12.4 Å². The van der Waals surface area contributed by atoms with Crippen molar-refractivity contribution in [2.24, 2.45) is 11.7 Å². The molecule has 21 heavy (non-hydrogen) atoms. The number of nitrogens with two attached hydrogens (primary N) is 1. The van der Waals surface area contributed by atoms with Crippen molar-refractivity contribution < 1.29 is 9.84 Å². The van der Waals surface area contributed by atoms with E-state index in [2.05, 4.69) is 0 Å². The van der Waals surface area contributed by atoms with Gasteiger partial charge in [-0.25, -0.2) is 0 Å². The molecule has 0 fully saturated rings. The maximum Gasteiger partial charge on any atom is 0.120 e. The van der Waals surface area contributed by atoms with Gasteiger partial charge in [-0.05, 0) is 54.3 Å². The fourth-order valence-corrected chi connectivity index (χ4v) is 2.32. The molecule has 4 heteroatoms. The van der Waals surface area contributed by atoms with E-state index in [1.807, 2.05) is 48.5 Å². The SMILES string of the molecule is NCC(CO)Cc1cccc(OCc2cccc(Cl)c2)c1. The fraction of sp³-hybridized carbons (Fsp3) is 0.294. The van der Waals surface area contributed by atoms with Gasteiger partial charge < -0.3 is 15.6 Å². The highest BCUT2D eigenvalue weighted by Gasteiger charge is 2.07. The molecule has 0 aliphatic heterocycles. The van der Waals surface area contributed by atoms with Crippen LogP contribution in [-0.4, -0.2) is 18.3 Å². The highest BCUT2D eigenvalue weighted by molar-refractivity contribution is 6.30. The highest BCUT2D eigenvalue weighted by Crippen LogP contribution is 2.18. The van der Waals surface area contributed by atoms with Crippen molar-refractivity contribution in [1.82, 2.24) is 0 Å². The van der Waals surface area contributed by atoms with Crippen LogP contribution >= 0.6 is 11.6 Å². The minimum absolute atomic E-state index is 0.0909. The molecule has 3 N–H and O–H groups in total. The average Bonchev–Trinajstić information content (AvgIpc) is 2.51. The molecule has 0 saturated heterocycles. The smallest absolute Gasteiger partial charge is 0.120 e. The van der Waals surface area contributed by atoms with E-state index in [-0.39, 0.29) is 12.5 Å². The minimum atomic E-state index is 0.0909. The molecule has 3 nitrogen and oxygen atoms in total. The first-order valence-corrected chi connectivity index (χ1v) is 7.36. The molecule has 1 unspecified atom stereocenters. The second-order valence-electron chi connectivity index (χ2n) is 5.05. The van der Waals surface area contributed by atoms with E-state index in [9.17, 15) is 5.11 Å². The normalized spacial score (nSPS) is 12.1. The fourth-order valence-electron chi connectivity index (χ4n) is 2.11. The summed E-state index contributed by atoms with van der Waals surface area (Å²) in [5.41, 5.74) is 7.76. The third kappa shape index (κ3) is 5.05. The largest absolute Gasteiger partial charge is 0.489 e. The molecule has 0 saturated carbocycles. The maximum atomic E-state index is 9.21. The number of benzene rings is 2.